The molecule has 7 heterocycles. The fourth-order valence-corrected chi connectivity index (χ4v) is 8.20. The lowest BCUT2D eigenvalue weighted by molar-refractivity contribution is -0.124. The maximum atomic E-state index is 12.6. The first-order valence-corrected chi connectivity index (χ1v) is 24.9. The summed E-state index contributed by atoms with van der Waals surface area (Å²) in [4.78, 5) is 72.9. The van der Waals surface area contributed by atoms with E-state index in [4.69, 9.17) is 49.0 Å². The molecule has 75 heavy (non-hydrogen) atoms. The SMILES string of the molecule is CC(C)(C)OC(=O)N(c1cc(Cl)nc2c(C=O)cnn12)C1CC1.O=C1C/C(=C\c2cnn3c(NC4CC4)cc(Oc4cccc(Cl)c4)nc23)C(=O)N1.O=Cc1cnn2c(NC3CC3)cc(Oc3cccc(Cl)c3)nc12. The number of halogens is 3. The van der Waals surface area contributed by atoms with Gasteiger partial charge in [-0.15, -0.1) is 0 Å². The maximum Gasteiger partial charge on any atom is 0.416 e. The van der Waals surface area contributed by atoms with Crippen molar-refractivity contribution in [2.24, 2.45) is 0 Å². The van der Waals surface area contributed by atoms with Gasteiger partial charge < -0.3 is 24.8 Å². The van der Waals surface area contributed by atoms with E-state index in [1.54, 1.807) is 88.0 Å². The number of amides is 3. The van der Waals surface area contributed by atoms with Gasteiger partial charge in [-0.2, -0.15) is 38.8 Å². The van der Waals surface area contributed by atoms with Crippen molar-refractivity contribution in [1.82, 2.24) is 49.1 Å². The number of ether oxygens (including phenoxy) is 3. The standard InChI is InChI=1S/C20H16ClN5O3.C16H13ClN4O2.C15H17ClN4O3/c21-13-2-1-3-15(8-13)29-18-9-16(23-14-4-5-14)26-19(25-18)12(10-22-26)6-11-7-17(27)24-20(11)28;17-11-2-1-3-13(6-11)23-15-7-14(19-12-4-5-12)21-16(20-15)10(9-22)8-18-21;1-15(2,3)23-14(22)19(10-4-5-10)12-6-11(16)18-13-9(8-21)7-17-20(12)13/h1-3,6,8-10,14,23H,4-5,7H2,(H,24,27,28);1-3,6-9,12,19H,4-5H2;6-8,10H,4-5H2,1-3H3/b11-6+;;. The second kappa shape index (κ2) is 21.0. The van der Waals surface area contributed by atoms with Gasteiger partial charge in [-0.25, -0.2) is 9.78 Å². The molecule has 1 aliphatic heterocycles. The third-order valence-electron chi connectivity index (χ3n) is 11.5. The summed E-state index contributed by atoms with van der Waals surface area (Å²) >= 11 is 18.1. The van der Waals surface area contributed by atoms with Crippen LogP contribution in [0.25, 0.3) is 23.0 Å². The number of aldehydes is 2. The summed E-state index contributed by atoms with van der Waals surface area (Å²) in [5, 5.41) is 23.2. The second-order valence-electron chi connectivity index (χ2n) is 18.9. The molecule has 0 bridgehead atoms. The van der Waals surface area contributed by atoms with Gasteiger partial charge in [-0.1, -0.05) is 46.9 Å². The minimum absolute atomic E-state index is 0.0374. The van der Waals surface area contributed by atoms with Crippen molar-refractivity contribution in [3.63, 3.8) is 0 Å². The number of benzene rings is 2. The Morgan fingerprint density at radius 1 is 0.693 bits per heavy atom. The molecule has 2 aromatic carbocycles. The summed E-state index contributed by atoms with van der Waals surface area (Å²) in [6.07, 6.45) is 13.3. The van der Waals surface area contributed by atoms with E-state index in [9.17, 15) is 24.0 Å². The van der Waals surface area contributed by atoms with Crippen LogP contribution in [0.3, 0.4) is 0 Å². The Bertz CT molecular complexity index is 3580. The van der Waals surface area contributed by atoms with Crippen molar-refractivity contribution in [3.05, 3.63) is 123 Å². The van der Waals surface area contributed by atoms with Crippen LogP contribution in [0.4, 0.5) is 22.2 Å². The van der Waals surface area contributed by atoms with Gasteiger partial charge in [0.1, 0.15) is 39.7 Å². The minimum Gasteiger partial charge on any atom is -0.443 e. The molecule has 384 valence electrons. The zero-order chi connectivity index (χ0) is 52.5. The quantitative estimate of drug-likeness (QED) is 0.0421. The number of imide groups is 1. The van der Waals surface area contributed by atoms with E-state index in [2.05, 4.69) is 46.2 Å². The van der Waals surface area contributed by atoms with Crippen molar-refractivity contribution in [2.45, 2.75) is 89.4 Å². The van der Waals surface area contributed by atoms with Crippen molar-refractivity contribution < 1.29 is 38.2 Å². The zero-order valence-corrected chi connectivity index (χ0v) is 42.6. The average molecular weight is 1080 g/mol. The molecule has 0 atom stereocenters. The number of nitrogens with zero attached hydrogens (tertiary/aromatic N) is 10. The molecular weight excluding hydrogens is 1030 g/mol. The van der Waals surface area contributed by atoms with Gasteiger partial charge in [0.05, 0.1) is 36.1 Å². The van der Waals surface area contributed by atoms with E-state index in [1.165, 1.54) is 21.8 Å². The molecule has 0 unspecified atom stereocenters. The highest BCUT2D eigenvalue weighted by Gasteiger charge is 2.38. The van der Waals surface area contributed by atoms with Crippen LogP contribution in [-0.2, 0) is 14.3 Å². The molecule has 0 radical (unpaired) electrons. The summed E-state index contributed by atoms with van der Waals surface area (Å²) in [5.74, 6) is 3.13. The molecule has 3 aliphatic carbocycles. The number of carbonyl (C=O) groups excluding carboxylic acids is 5. The highest BCUT2D eigenvalue weighted by atomic mass is 35.5. The lowest BCUT2D eigenvalue weighted by atomic mass is 10.1. The second-order valence-corrected chi connectivity index (χ2v) is 20.2. The highest BCUT2D eigenvalue weighted by molar-refractivity contribution is 6.31. The first kappa shape index (κ1) is 50.4. The Morgan fingerprint density at radius 3 is 1.67 bits per heavy atom. The molecule has 4 fully saturated rings. The van der Waals surface area contributed by atoms with Crippen molar-refractivity contribution in [3.8, 4) is 23.3 Å². The first-order chi connectivity index (χ1) is 36.1. The minimum atomic E-state index is -0.613. The molecule has 4 aliphatic rings. The van der Waals surface area contributed by atoms with E-state index in [0.717, 1.165) is 56.4 Å². The molecule has 21 nitrogen and oxygen atoms in total. The Labute approximate surface area is 442 Å². The number of nitrogens with one attached hydrogen (secondary N) is 3. The molecule has 3 N–H and O–H groups in total. The van der Waals surface area contributed by atoms with Gasteiger partial charge in [0.25, 0.3) is 5.91 Å². The zero-order valence-electron chi connectivity index (χ0n) is 40.4. The number of hydrogen-bond acceptors (Lipinski definition) is 16. The lowest BCUT2D eigenvalue weighted by Gasteiger charge is -2.27. The number of fused-ring (bicyclic) bond motifs is 3. The number of rotatable bonds is 13. The number of hydrogen-bond donors (Lipinski definition) is 3. The Morgan fingerprint density at radius 2 is 1.20 bits per heavy atom. The van der Waals surface area contributed by atoms with Crippen LogP contribution in [0.1, 0.15) is 92.0 Å². The van der Waals surface area contributed by atoms with Gasteiger partial charge >= 0.3 is 6.09 Å². The molecular formula is C51H46Cl3N13O8. The smallest absolute Gasteiger partial charge is 0.416 e. The van der Waals surface area contributed by atoms with Crippen LogP contribution in [0, 0.1) is 0 Å². The average Bonchev–Trinajstić information content (AvgIpc) is 4.33. The van der Waals surface area contributed by atoms with E-state index >= 15 is 0 Å². The van der Waals surface area contributed by atoms with Gasteiger partial charge in [-0.05, 0) is 102 Å². The predicted octanol–water partition coefficient (Wildman–Crippen LogP) is 9.84. The van der Waals surface area contributed by atoms with E-state index in [0.29, 0.717) is 96.7 Å². The first-order valence-electron chi connectivity index (χ1n) is 23.8. The van der Waals surface area contributed by atoms with Crippen LogP contribution in [-0.4, -0.2) is 98.0 Å². The number of anilines is 3. The van der Waals surface area contributed by atoms with Gasteiger partial charge in [0.15, 0.2) is 29.5 Å². The summed E-state index contributed by atoms with van der Waals surface area (Å²) < 4.78 is 21.9. The maximum absolute atomic E-state index is 12.6. The largest absolute Gasteiger partial charge is 0.443 e. The van der Waals surface area contributed by atoms with E-state index in [1.807, 2.05) is 20.8 Å². The molecule has 8 aromatic rings. The third kappa shape index (κ3) is 12.1. The summed E-state index contributed by atoms with van der Waals surface area (Å²) in [6, 6.07) is 20.1. The Balaban J connectivity index is 0.000000130. The van der Waals surface area contributed by atoms with E-state index in [-0.39, 0.29) is 23.5 Å². The monoisotopic (exact) mass is 1070 g/mol. The van der Waals surface area contributed by atoms with Crippen LogP contribution >= 0.6 is 34.8 Å². The van der Waals surface area contributed by atoms with Gasteiger partial charge in [0, 0.05) is 57.5 Å². The Hall–Kier alpha value is -8.14. The van der Waals surface area contributed by atoms with Crippen LogP contribution in [0.5, 0.6) is 23.3 Å². The molecule has 24 heteroatoms. The molecule has 12 rings (SSSR count). The number of carbonyl (C=O) groups is 5. The lowest BCUT2D eigenvalue weighted by Crippen LogP contribution is -2.39. The third-order valence-corrected chi connectivity index (χ3v) is 12.2. The van der Waals surface area contributed by atoms with Gasteiger partial charge in [0.2, 0.25) is 17.7 Å². The van der Waals surface area contributed by atoms with Crippen LogP contribution in [0.15, 0.2) is 90.9 Å². The van der Waals surface area contributed by atoms with Crippen LogP contribution < -0.4 is 30.3 Å². The van der Waals surface area contributed by atoms with Crippen molar-refractivity contribution in [2.75, 3.05) is 15.5 Å². The summed E-state index contributed by atoms with van der Waals surface area (Å²) in [7, 11) is 0. The normalized spacial score (nSPS) is 15.7. The van der Waals surface area contributed by atoms with Crippen LogP contribution in [0.2, 0.25) is 15.2 Å². The molecule has 0 spiro atoms. The summed E-state index contributed by atoms with van der Waals surface area (Å²) in [5.41, 5.74) is 2.42. The summed E-state index contributed by atoms with van der Waals surface area (Å²) in [6.45, 7) is 5.43. The fourth-order valence-electron chi connectivity index (χ4n) is 7.66. The fraction of sp³-hybridized carbons (Fsp3) is 0.275. The number of aromatic nitrogens is 9. The molecule has 3 saturated carbocycles. The van der Waals surface area contributed by atoms with Crippen molar-refractivity contribution >= 4 is 106 Å². The molecule has 3 amide bonds. The van der Waals surface area contributed by atoms with E-state index < -0.39 is 17.6 Å². The predicted molar refractivity (Wildman–Crippen MR) is 279 cm³/mol. The highest BCUT2D eigenvalue weighted by Crippen LogP contribution is 2.36. The van der Waals surface area contributed by atoms with Crippen molar-refractivity contribution in [1.29, 1.82) is 0 Å². The topological polar surface area (TPSA) is 243 Å². The Kier molecular flexibility index (Phi) is 14.1. The molecule has 1 saturated heterocycles. The molecule has 6 aromatic heterocycles. The van der Waals surface area contributed by atoms with Gasteiger partial charge in [-0.3, -0.25) is 29.4 Å².